The summed E-state index contributed by atoms with van der Waals surface area (Å²) in [4.78, 5) is 26.5. The van der Waals surface area contributed by atoms with E-state index in [-0.39, 0.29) is 26.4 Å². The number of carboxylic acids is 2. The van der Waals surface area contributed by atoms with Crippen molar-refractivity contribution in [1.29, 1.82) is 0 Å². The van der Waals surface area contributed by atoms with Crippen LogP contribution < -0.4 is 0 Å². The van der Waals surface area contributed by atoms with Crippen LogP contribution in [-0.4, -0.2) is 91.4 Å². The van der Waals surface area contributed by atoms with Crippen molar-refractivity contribution < 1.29 is 46.2 Å². The van der Waals surface area contributed by atoms with Crippen LogP contribution in [-0.2, 0) is 28.9 Å². The van der Waals surface area contributed by atoms with Gasteiger partial charge < -0.3 is 19.5 Å². The molecular formula is C32H62N2O9S. The number of amidine groups is 1. The Morgan fingerprint density at radius 3 is 1.68 bits per heavy atom. The van der Waals surface area contributed by atoms with Crippen molar-refractivity contribution in [1.82, 2.24) is 0 Å². The van der Waals surface area contributed by atoms with Gasteiger partial charge in [0.05, 0.1) is 19.8 Å². The Hall–Kier alpha value is -1.60. The summed E-state index contributed by atoms with van der Waals surface area (Å²) >= 11 is 0. The molecule has 1 aliphatic heterocycles. The normalized spacial score (nSPS) is 16.4. The highest BCUT2D eigenvalue weighted by molar-refractivity contribution is 7.80. The van der Waals surface area contributed by atoms with Crippen LogP contribution in [0.5, 0.6) is 0 Å². The first-order chi connectivity index (χ1) is 21.1. The molecular weight excluding hydrogens is 588 g/mol. The van der Waals surface area contributed by atoms with Crippen LogP contribution in [0.2, 0.25) is 0 Å². The van der Waals surface area contributed by atoms with E-state index in [1.807, 2.05) is 0 Å². The smallest absolute Gasteiger partial charge is 0.359 e. The van der Waals surface area contributed by atoms with Crippen molar-refractivity contribution in [3.05, 3.63) is 0 Å². The average molecular weight is 651 g/mol. The molecule has 1 atom stereocenters. The summed E-state index contributed by atoms with van der Waals surface area (Å²) in [6.07, 6.45) is 23.8. The molecule has 2 N–H and O–H groups in total. The predicted molar refractivity (Wildman–Crippen MR) is 173 cm³/mol. The summed E-state index contributed by atoms with van der Waals surface area (Å²) < 4.78 is 39.9. The molecule has 0 spiro atoms. The van der Waals surface area contributed by atoms with Crippen molar-refractivity contribution in [3.8, 4) is 0 Å². The van der Waals surface area contributed by atoms with E-state index in [0.29, 0.717) is 30.5 Å². The van der Waals surface area contributed by atoms with E-state index in [0.717, 1.165) is 37.9 Å². The van der Waals surface area contributed by atoms with E-state index in [9.17, 15) is 27.7 Å². The van der Waals surface area contributed by atoms with Gasteiger partial charge in [0.15, 0.2) is 12.4 Å². The van der Waals surface area contributed by atoms with Gasteiger partial charge in [-0.15, -0.1) is 0 Å². The zero-order valence-electron chi connectivity index (χ0n) is 27.6. The second-order valence-electron chi connectivity index (χ2n) is 11.9. The molecule has 0 fully saturated rings. The number of quaternary nitrogens is 1. The first-order valence-corrected chi connectivity index (χ1v) is 18.4. The quantitative estimate of drug-likeness (QED) is 0.0388. The lowest BCUT2D eigenvalue weighted by atomic mass is 10.1. The number of rotatable bonds is 29. The molecule has 1 rings (SSSR count). The van der Waals surface area contributed by atoms with Gasteiger partial charge >= 0.3 is 11.9 Å². The van der Waals surface area contributed by atoms with Crippen molar-refractivity contribution in [2.45, 2.75) is 142 Å². The van der Waals surface area contributed by atoms with E-state index >= 15 is 0 Å². The Morgan fingerprint density at radius 1 is 0.750 bits per heavy atom. The van der Waals surface area contributed by atoms with Gasteiger partial charge in [-0.05, 0) is 12.8 Å². The van der Waals surface area contributed by atoms with E-state index in [1.54, 1.807) is 0 Å². The van der Waals surface area contributed by atoms with Crippen LogP contribution in [0.25, 0.3) is 0 Å². The maximum Gasteiger partial charge on any atom is 0.359 e. The monoisotopic (exact) mass is 650 g/mol. The van der Waals surface area contributed by atoms with Crippen molar-refractivity contribution in [2.24, 2.45) is 4.99 Å². The molecule has 260 valence electrons. The molecule has 0 saturated heterocycles. The topological polar surface area (TPSA) is 163 Å². The first-order valence-electron chi connectivity index (χ1n) is 17.1. The third kappa shape index (κ3) is 25.7. The van der Waals surface area contributed by atoms with Crippen molar-refractivity contribution >= 4 is 28.2 Å². The van der Waals surface area contributed by atoms with Gasteiger partial charge in [0.1, 0.15) is 19.7 Å². The SMILES string of the molecule is CCCCCCCCCCCC1=NCC[N+]1(CCOCC(=O)O)CC(=O)O.CCCCCCCCCCCCOS(=O)(=O)[O-]. The maximum atomic E-state index is 11.4. The highest BCUT2D eigenvalue weighted by atomic mass is 32.3. The molecule has 11 nitrogen and oxygen atoms in total. The molecule has 1 heterocycles. The molecule has 44 heavy (non-hydrogen) atoms. The van der Waals surface area contributed by atoms with E-state index in [1.165, 1.54) is 89.9 Å². The van der Waals surface area contributed by atoms with Gasteiger partial charge in [-0.2, -0.15) is 0 Å². The maximum absolute atomic E-state index is 11.4. The molecule has 1 unspecified atom stereocenters. The van der Waals surface area contributed by atoms with Gasteiger partial charge in [-0.1, -0.05) is 123 Å². The van der Waals surface area contributed by atoms with Gasteiger partial charge in [-0.25, -0.2) is 23.0 Å². The molecule has 1 aliphatic rings. The minimum absolute atomic E-state index is 0.00725. The number of unbranched alkanes of at least 4 members (excludes halogenated alkanes) is 17. The Balaban J connectivity index is 0.000000938. The highest BCUT2D eigenvalue weighted by Gasteiger charge is 2.39. The molecule has 0 bridgehead atoms. The largest absolute Gasteiger partial charge is 0.726 e. The molecule has 0 saturated carbocycles. The number of carbonyl (C=O) groups is 2. The number of hydrogen-bond donors (Lipinski definition) is 2. The number of aliphatic imine (C=N–C) groups is 1. The molecule has 12 heteroatoms. The van der Waals surface area contributed by atoms with Crippen LogP contribution >= 0.6 is 0 Å². The molecule has 0 aromatic heterocycles. The van der Waals surface area contributed by atoms with Gasteiger partial charge in [0.2, 0.25) is 10.4 Å². The van der Waals surface area contributed by atoms with E-state index in [4.69, 9.17) is 9.84 Å². The molecule has 0 aromatic carbocycles. The van der Waals surface area contributed by atoms with Gasteiger partial charge in [0, 0.05) is 6.42 Å². The predicted octanol–water partition coefficient (Wildman–Crippen LogP) is 6.71. The second kappa shape index (κ2) is 27.7. The Labute approximate surface area is 267 Å². The Kier molecular flexibility index (Phi) is 26.7. The average Bonchev–Trinajstić information content (AvgIpc) is 3.34. The van der Waals surface area contributed by atoms with E-state index in [2.05, 4.69) is 23.0 Å². The zero-order chi connectivity index (χ0) is 32.9. The van der Waals surface area contributed by atoms with Gasteiger partial charge in [0.25, 0.3) is 0 Å². The molecule has 0 amide bonds. The lowest BCUT2D eigenvalue weighted by Gasteiger charge is -2.33. The number of aliphatic carboxylic acids is 2. The molecule has 0 aliphatic carbocycles. The fourth-order valence-electron chi connectivity index (χ4n) is 5.46. The third-order valence-corrected chi connectivity index (χ3v) is 8.38. The van der Waals surface area contributed by atoms with Crippen LogP contribution in [0.3, 0.4) is 0 Å². The standard InChI is InChI=1S/C20H36N2O5.C12H26O4S/c1-2-3-4-5-6-7-8-9-10-11-18-21-12-13-22(18,16-19(23)24)14-15-27-17-20(25)26;1-2-3-4-5-6-7-8-9-10-11-12-16-17(13,14)15/h2-17H2,1H3,(H-,23,24,25,26);2-12H2,1H3,(H,13,14,15). The summed E-state index contributed by atoms with van der Waals surface area (Å²) in [6.45, 7) is 6.12. The fourth-order valence-corrected chi connectivity index (χ4v) is 5.78. The lowest BCUT2D eigenvalue weighted by molar-refractivity contribution is -0.829. The van der Waals surface area contributed by atoms with Crippen LogP contribution in [0.4, 0.5) is 0 Å². The van der Waals surface area contributed by atoms with Crippen LogP contribution in [0.1, 0.15) is 142 Å². The summed E-state index contributed by atoms with van der Waals surface area (Å²) in [7, 11) is -4.48. The fraction of sp³-hybridized carbons (Fsp3) is 0.906. The number of hydrogen-bond acceptors (Lipinski definition) is 8. The molecule has 0 radical (unpaired) electrons. The first kappa shape index (κ1) is 42.4. The third-order valence-electron chi connectivity index (χ3n) is 7.93. The summed E-state index contributed by atoms with van der Waals surface area (Å²) in [5.41, 5.74) is 0. The minimum atomic E-state index is -4.48. The highest BCUT2D eigenvalue weighted by Crippen LogP contribution is 2.21. The summed E-state index contributed by atoms with van der Waals surface area (Å²) in [5.74, 6) is -0.918. The summed E-state index contributed by atoms with van der Waals surface area (Å²) in [6, 6.07) is 0. The molecule has 0 aromatic rings. The van der Waals surface area contributed by atoms with Crippen molar-refractivity contribution in [2.75, 3.05) is 46.0 Å². The van der Waals surface area contributed by atoms with Crippen LogP contribution in [0.15, 0.2) is 4.99 Å². The van der Waals surface area contributed by atoms with Crippen LogP contribution in [0, 0.1) is 0 Å². The number of ether oxygens (including phenoxy) is 1. The number of carboxylic acid groups (broad SMARTS) is 2. The van der Waals surface area contributed by atoms with Gasteiger partial charge in [-0.3, -0.25) is 8.67 Å². The second-order valence-corrected chi connectivity index (χ2v) is 12.9. The Bertz CT molecular complexity index is 868. The zero-order valence-corrected chi connectivity index (χ0v) is 28.5. The minimum Gasteiger partial charge on any atom is -0.726 e. The lowest BCUT2D eigenvalue weighted by Crippen LogP contribution is -2.55. The summed E-state index contributed by atoms with van der Waals surface area (Å²) in [5, 5.41) is 18.0. The van der Waals surface area contributed by atoms with Crippen molar-refractivity contribution in [3.63, 3.8) is 0 Å². The number of nitrogens with zero attached hydrogens (tertiary/aromatic N) is 2. The Morgan fingerprint density at radius 2 is 1.23 bits per heavy atom. The van der Waals surface area contributed by atoms with E-state index < -0.39 is 22.3 Å².